The molecule has 0 heterocycles. The zero-order valence-corrected chi connectivity index (χ0v) is 7.99. The number of carbonyl (C=O) groups excluding carboxylic acids is 1. The number of ketones is 1. The summed E-state index contributed by atoms with van der Waals surface area (Å²) in [5, 5.41) is 0. The number of rotatable bonds is 0. The van der Waals surface area contributed by atoms with Gasteiger partial charge in [0.05, 0.1) is 5.54 Å². The van der Waals surface area contributed by atoms with Crippen molar-refractivity contribution in [2.24, 2.45) is 5.73 Å². The van der Waals surface area contributed by atoms with Crippen LogP contribution in [0, 0.1) is 0 Å². The van der Waals surface area contributed by atoms with E-state index in [2.05, 4.69) is 6.07 Å². The van der Waals surface area contributed by atoms with E-state index in [1.165, 1.54) is 5.56 Å². The van der Waals surface area contributed by atoms with Gasteiger partial charge in [-0.25, -0.2) is 0 Å². The summed E-state index contributed by atoms with van der Waals surface area (Å²) in [6, 6.07) is 7.92. The Hall–Kier alpha value is -1.15. The average molecular weight is 187 g/mol. The Bertz CT molecular complexity index is 413. The number of carbonyl (C=O) groups is 1. The highest BCUT2D eigenvalue weighted by Crippen LogP contribution is 2.46. The molecule has 1 fully saturated rings. The van der Waals surface area contributed by atoms with Crippen LogP contribution in [0.25, 0.3) is 0 Å². The maximum Gasteiger partial charge on any atom is 0.182 e. The maximum absolute atomic E-state index is 12.1. The molecule has 1 saturated carbocycles. The lowest BCUT2D eigenvalue weighted by molar-refractivity contribution is 0.0881. The lowest BCUT2D eigenvalue weighted by Crippen LogP contribution is -2.47. The maximum atomic E-state index is 12.1. The number of nitrogens with two attached hydrogens (primary N) is 1. The summed E-state index contributed by atoms with van der Waals surface area (Å²) in [6.07, 6.45) is 2.77. The first-order chi connectivity index (χ1) is 6.71. The predicted molar refractivity (Wildman–Crippen MR) is 54.3 cm³/mol. The third-order valence-corrected chi connectivity index (χ3v) is 3.65. The summed E-state index contributed by atoms with van der Waals surface area (Å²) >= 11 is 0. The molecule has 2 N–H and O–H groups in total. The molecule has 2 atom stereocenters. The quantitative estimate of drug-likeness (QED) is 0.673. The Kier molecular flexibility index (Phi) is 1.43. The Morgan fingerprint density at radius 2 is 2.14 bits per heavy atom. The molecule has 0 aliphatic heterocycles. The normalized spacial score (nSPS) is 34.4. The molecule has 2 nitrogen and oxygen atoms in total. The smallest absolute Gasteiger partial charge is 0.182 e. The van der Waals surface area contributed by atoms with Crippen molar-refractivity contribution in [3.05, 3.63) is 35.4 Å². The molecule has 0 radical (unpaired) electrons. The predicted octanol–water partition coefficient (Wildman–Crippen LogP) is 1.85. The lowest BCUT2D eigenvalue weighted by Gasteiger charge is -2.29. The van der Waals surface area contributed by atoms with Crippen LogP contribution >= 0.6 is 0 Å². The third kappa shape index (κ3) is 0.867. The van der Waals surface area contributed by atoms with E-state index in [-0.39, 0.29) is 5.78 Å². The molecule has 1 aromatic rings. The highest BCUT2D eigenvalue weighted by atomic mass is 16.1. The molecule has 1 aromatic carbocycles. The van der Waals surface area contributed by atoms with Crippen molar-refractivity contribution in [1.29, 1.82) is 0 Å². The molecular weight excluding hydrogens is 174 g/mol. The summed E-state index contributed by atoms with van der Waals surface area (Å²) in [5.74, 6) is 0.677. The van der Waals surface area contributed by atoms with Crippen molar-refractivity contribution >= 4 is 5.78 Å². The van der Waals surface area contributed by atoms with Gasteiger partial charge in [0, 0.05) is 5.56 Å². The van der Waals surface area contributed by atoms with Gasteiger partial charge in [-0.1, -0.05) is 24.3 Å². The number of hydrogen-bond acceptors (Lipinski definition) is 2. The zero-order chi connectivity index (χ0) is 9.76. The van der Waals surface area contributed by atoms with Gasteiger partial charge in [0.2, 0.25) is 0 Å². The van der Waals surface area contributed by atoms with Crippen molar-refractivity contribution in [1.82, 2.24) is 0 Å². The Morgan fingerprint density at radius 3 is 3.00 bits per heavy atom. The van der Waals surface area contributed by atoms with Crippen LogP contribution in [0.4, 0.5) is 0 Å². The number of hydrogen-bond donors (Lipinski definition) is 1. The summed E-state index contributed by atoms with van der Waals surface area (Å²) in [7, 11) is 0. The molecule has 2 aliphatic carbocycles. The zero-order valence-electron chi connectivity index (χ0n) is 7.99. The van der Waals surface area contributed by atoms with Crippen LogP contribution in [0.15, 0.2) is 24.3 Å². The van der Waals surface area contributed by atoms with Gasteiger partial charge in [0.25, 0.3) is 0 Å². The molecule has 0 saturated heterocycles. The van der Waals surface area contributed by atoms with E-state index in [4.69, 9.17) is 5.73 Å². The number of Topliss-reactive ketones (excluding diaryl/α,β-unsaturated/α-hetero) is 1. The van der Waals surface area contributed by atoms with Crippen molar-refractivity contribution in [3.63, 3.8) is 0 Å². The van der Waals surface area contributed by atoms with E-state index < -0.39 is 5.54 Å². The molecule has 3 rings (SSSR count). The minimum atomic E-state index is -0.543. The fraction of sp³-hybridized carbons (Fsp3) is 0.417. The van der Waals surface area contributed by atoms with Crippen LogP contribution in [0.5, 0.6) is 0 Å². The molecule has 14 heavy (non-hydrogen) atoms. The van der Waals surface area contributed by atoms with Crippen molar-refractivity contribution in [3.8, 4) is 0 Å². The van der Waals surface area contributed by atoms with Crippen LogP contribution < -0.4 is 5.73 Å². The standard InChI is InChI=1S/C12H13NO/c13-12-6-5-8(7-12)9-3-1-2-4-10(9)11(12)14/h1-4,8H,5-7,13H2. The van der Waals surface area contributed by atoms with Gasteiger partial charge >= 0.3 is 0 Å². The first-order valence-electron chi connectivity index (χ1n) is 5.13. The largest absolute Gasteiger partial charge is 0.319 e. The molecule has 2 unspecified atom stereocenters. The minimum absolute atomic E-state index is 0.154. The minimum Gasteiger partial charge on any atom is -0.319 e. The SMILES string of the molecule is NC12CCC(C1)c1ccccc1C2=O. The van der Waals surface area contributed by atoms with Gasteiger partial charge in [0.15, 0.2) is 5.78 Å². The number of benzene rings is 1. The van der Waals surface area contributed by atoms with Gasteiger partial charge in [-0.3, -0.25) is 4.79 Å². The highest BCUT2D eigenvalue weighted by molar-refractivity contribution is 6.06. The molecule has 0 spiro atoms. The second-order valence-electron chi connectivity index (χ2n) is 4.51. The fourth-order valence-corrected chi connectivity index (χ4v) is 2.88. The van der Waals surface area contributed by atoms with Crippen molar-refractivity contribution in [2.45, 2.75) is 30.7 Å². The van der Waals surface area contributed by atoms with Crippen molar-refractivity contribution in [2.75, 3.05) is 0 Å². The van der Waals surface area contributed by atoms with Gasteiger partial charge in [-0.05, 0) is 30.7 Å². The molecule has 2 aliphatic rings. The summed E-state index contributed by atoms with van der Waals surface area (Å²) < 4.78 is 0. The van der Waals surface area contributed by atoms with Crippen molar-refractivity contribution < 1.29 is 4.79 Å². The molecule has 0 amide bonds. The third-order valence-electron chi connectivity index (χ3n) is 3.65. The Balaban J connectivity index is 2.24. The van der Waals surface area contributed by atoms with Crippen LogP contribution in [-0.2, 0) is 0 Å². The lowest BCUT2D eigenvalue weighted by atomic mass is 9.78. The Labute approximate surface area is 83.1 Å². The highest BCUT2D eigenvalue weighted by Gasteiger charge is 2.47. The monoisotopic (exact) mass is 187 g/mol. The molecule has 72 valence electrons. The molecule has 0 aromatic heterocycles. The number of fused-ring (bicyclic) bond motifs is 4. The van der Waals surface area contributed by atoms with Crippen LogP contribution in [0.3, 0.4) is 0 Å². The summed E-state index contributed by atoms with van der Waals surface area (Å²) in [4.78, 5) is 12.1. The van der Waals surface area contributed by atoms with Gasteiger partial charge in [-0.15, -0.1) is 0 Å². The van der Waals surface area contributed by atoms with Gasteiger partial charge in [-0.2, -0.15) is 0 Å². The Morgan fingerprint density at radius 1 is 1.36 bits per heavy atom. The molecule has 2 heteroatoms. The molecule has 2 bridgehead atoms. The van der Waals surface area contributed by atoms with E-state index in [0.717, 1.165) is 24.8 Å². The fourth-order valence-electron chi connectivity index (χ4n) is 2.88. The first-order valence-corrected chi connectivity index (χ1v) is 5.13. The van der Waals surface area contributed by atoms with Gasteiger partial charge < -0.3 is 5.73 Å². The van der Waals surface area contributed by atoms with Crippen LogP contribution in [0.1, 0.15) is 41.1 Å². The second kappa shape index (κ2) is 2.45. The second-order valence-corrected chi connectivity index (χ2v) is 4.51. The van der Waals surface area contributed by atoms with E-state index >= 15 is 0 Å². The van der Waals surface area contributed by atoms with Crippen LogP contribution in [-0.4, -0.2) is 11.3 Å². The summed E-state index contributed by atoms with van der Waals surface area (Å²) in [6.45, 7) is 0. The first kappa shape index (κ1) is 8.18. The average Bonchev–Trinajstić information content (AvgIpc) is 2.57. The van der Waals surface area contributed by atoms with Gasteiger partial charge in [0.1, 0.15) is 0 Å². The molecular formula is C12H13NO. The van der Waals surface area contributed by atoms with E-state index in [1.807, 2.05) is 18.2 Å². The van der Waals surface area contributed by atoms with E-state index in [0.29, 0.717) is 5.92 Å². The summed E-state index contributed by atoms with van der Waals surface area (Å²) in [5.41, 5.74) is 7.65. The van der Waals surface area contributed by atoms with E-state index in [1.54, 1.807) is 0 Å². The van der Waals surface area contributed by atoms with E-state index in [9.17, 15) is 4.79 Å². The topological polar surface area (TPSA) is 43.1 Å². The van der Waals surface area contributed by atoms with Crippen LogP contribution in [0.2, 0.25) is 0 Å².